The summed E-state index contributed by atoms with van der Waals surface area (Å²) < 4.78 is 20.4. The summed E-state index contributed by atoms with van der Waals surface area (Å²) in [6.45, 7) is 1.81. The van der Waals surface area contributed by atoms with E-state index >= 15 is 0 Å². The molecule has 3 rings (SSSR count). The fourth-order valence-corrected chi connectivity index (χ4v) is 2.69. The van der Waals surface area contributed by atoms with Crippen molar-refractivity contribution in [2.24, 2.45) is 0 Å². The quantitative estimate of drug-likeness (QED) is 0.739. The van der Waals surface area contributed by atoms with Crippen molar-refractivity contribution in [2.45, 2.75) is 19.4 Å². The van der Waals surface area contributed by atoms with Crippen molar-refractivity contribution in [2.75, 3.05) is 7.11 Å². The number of rotatable bonds is 6. The van der Waals surface area contributed by atoms with E-state index in [9.17, 15) is 9.18 Å². The van der Waals surface area contributed by atoms with Crippen molar-refractivity contribution in [3.05, 3.63) is 77.9 Å². The van der Waals surface area contributed by atoms with Gasteiger partial charge in [0.05, 0.1) is 31.5 Å². The Morgan fingerprint density at radius 2 is 2.04 bits per heavy atom. The molecular formula is C20H20FN3O2. The molecule has 1 atom stereocenters. The summed E-state index contributed by atoms with van der Waals surface area (Å²) in [6.07, 6.45) is 3.70. The Bertz CT molecular complexity index is 893. The van der Waals surface area contributed by atoms with Crippen LogP contribution in [0.4, 0.5) is 4.39 Å². The molecule has 0 aliphatic heterocycles. The predicted molar refractivity (Wildman–Crippen MR) is 96.8 cm³/mol. The lowest BCUT2D eigenvalue weighted by molar-refractivity contribution is -0.121. The van der Waals surface area contributed by atoms with Crippen LogP contribution in [0.15, 0.2) is 60.9 Å². The van der Waals surface area contributed by atoms with Crippen molar-refractivity contribution < 1.29 is 13.9 Å². The second-order valence-corrected chi connectivity index (χ2v) is 5.99. The zero-order valence-electron chi connectivity index (χ0n) is 14.6. The molecule has 26 heavy (non-hydrogen) atoms. The number of carbonyl (C=O) groups is 1. The molecule has 0 saturated carbocycles. The lowest BCUT2D eigenvalue weighted by Crippen LogP contribution is -2.28. The molecule has 0 bridgehead atoms. The topological polar surface area (TPSA) is 56.1 Å². The molecule has 1 aromatic heterocycles. The monoisotopic (exact) mass is 353 g/mol. The Kier molecular flexibility index (Phi) is 5.31. The number of hydrogen-bond donors (Lipinski definition) is 1. The van der Waals surface area contributed by atoms with Gasteiger partial charge in [-0.1, -0.05) is 24.3 Å². The second kappa shape index (κ2) is 7.82. The number of para-hydroxylation sites is 1. The minimum absolute atomic E-state index is 0.152. The summed E-state index contributed by atoms with van der Waals surface area (Å²) >= 11 is 0. The summed E-state index contributed by atoms with van der Waals surface area (Å²) in [4.78, 5) is 12.3. The summed E-state index contributed by atoms with van der Waals surface area (Å²) in [5.74, 6) is -0.419. The van der Waals surface area contributed by atoms with Gasteiger partial charge in [0.15, 0.2) is 11.6 Å². The van der Waals surface area contributed by atoms with Gasteiger partial charge in [-0.15, -0.1) is 0 Å². The molecule has 2 aromatic carbocycles. The highest BCUT2D eigenvalue weighted by Gasteiger charge is 2.13. The van der Waals surface area contributed by atoms with Gasteiger partial charge in [0.2, 0.25) is 5.91 Å². The lowest BCUT2D eigenvalue weighted by Gasteiger charge is -2.15. The first-order valence-corrected chi connectivity index (χ1v) is 8.28. The molecule has 1 amide bonds. The molecule has 0 aliphatic carbocycles. The van der Waals surface area contributed by atoms with Gasteiger partial charge >= 0.3 is 0 Å². The largest absolute Gasteiger partial charge is 0.494 e. The highest BCUT2D eigenvalue weighted by molar-refractivity contribution is 5.78. The summed E-state index contributed by atoms with van der Waals surface area (Å²) in [5, 5.41) is 7.16. The zero-order chi connectivity index (χ0) is 18.5. The lowest BCUT2D eigenvalue weighted by atomic mass is 10.1. The van der Waals surface area contributed by atoms with Crippen LogP contribution in [0.1, 0.15) is 24.1 Å². The van der Waals surface area contributed by atoms with Crippen LogP contribution in [-0.4, -0.2) is 22.8 Å². The standard InChI is InChI=1S/C20H20FN3O2/c1-14(16-8-9-19(26-2)18(21)11-16)23-20(25)10-15-12-22-24(13-15)17-6-4-3-5-7-17/h3-9,11-14H,10H2,1-2H3,(H,23,25). The normalized spacial score (nSPS) is 11.8. The van der Waals surface area contributed by atoms with E-state index in [4.69, 9.17) is 4.74 Å². The SMILES string of the molecule is COc1ccc(C(C)NC(=O)Cc2cnn(-c3ccccc3)c2)cc1F. The third kappa shape index (κ3) is 4.08. The van der Waals surface area contributed by atoms with Crippen molar-refractivity contribution in [1.82, 2.24) is 15.1 Å². The van der Waals surface area contributed by atoms with Crippen LogP contribution < -0.4 is 10.1 Å². The molecule has 0 aliphatic rings. The average molecular weight is 353 g/mol. The van der Waals surface area contributed by atoms with Crippen molar-refractivity contribution in [3.8, 4) is 11.4 Å². The first kappa shape index (κ1) is 17.7. The number of carbonyl (C=O) groups excluding carboxylic acids is 1. The predicted octanol–water partition coefficient (Wildman–Crippen LogP) is 3.44. The van der Waals surface area contributed by atoms with E-state index in [2.05, 4.69) is 10.4 Å². The average Bonchev–Trinajstić information content (AvgIpc) is 3.10. The summed E-state index contributed by atoms with van der Waals surface area (Å²) in [5.41, 5.74) is 2.41. The molecule has 0 fully saturated rings. The van der Waals surface area contributed by atoms with Gasteiger partial charge in [0, 0.05) is 6.20 Å². The van der Waals surface area contributed by atoms with Gasteiger partial charge in [0.25, 0.3) is 0 Å². The van der Waals surface area contributed by atoms with Crippen molar-refractivity contribution in [1.29, 1.82) is 0 Å². The molecule has 0 spiro atoms. The molecule has 1 heterocycles. The number of halogens is 1. The van der Waals surface area contributed by atoms with E-state index in [0.717, 1.165) is 11.3 Å². The molecular weight excluding hydrogens is 333 g/mol. The van der Waals surface area contributed by atoms with Gasteiger partial charge in [0.1, 0.15) is 0 Å². The highest BCUT2D eigenvalue weighted by Crippen LogP contribution is 2.21. The van der Waals surface area contributed by atoms with Crippen LogP contribution in [0.2, 0.25) is 0 Å². The maximum Gasteiger partial charge on any atom is 0.225 e. The number of benzene rings is 2. The maximum atomic E-state index is 13.8. The van der Waals surface area contributed by atoms with Crippen molar-refractivity contribution in [3.63, 3.8) is 0 Å². The van der Waals surface area contributed by atoms with E-state index < -0.39 is 5.82 Å². The molecule has 3 aromatic rings. The molecule has 6 heteroatoms. The molecule has 134 valence electrons. The summed E-state index contributed by atoms with van der Waals surface area (Å²) in [6, 6.07) is 14.0. The van der Waals surface area contributed by atoms with Crippen LogP contribution in [0.5, 0.6) is 5.75 Å². The number of nitrogens with one attached hydrogen (secondary N) is 1. The minimum atomic E-state index is -0.449. The van der Waals surface area contributed by atoms with Crippen LogP contribution >= 0.6 is 0 Å². The Morgan fingerprint density at radius 3 is 2.73 bits per heavy atom. The van der Waals surface area contributed by atoms with E-state index in [1.165, 1.54) is 13.2 Å². The number of aromatic nitrogens is 2. The van der Waals surface area contributed by atoms with Gasteiger partial charge in [-0.25, -0.2) is 9.07 Å². The molecule has 0 radical (unpaired) electrons. The van der Waals surface area contributed by atoms with Crippen molar-refractivity contribution >= 4 is 5.91 Å². The molecule has 1 N–H and O–H groups in total. The fraction of sp³-hybridized carbons (Fsp3) is 0.200. The molecule has 5 nitrogen and oxygen atoms in total. The minimum Gasteiger partial charge on any atom is -0.494 e. The van der Waals surface area contributed by atoms with E-state index in [0.29, 0.717) is 5.56 Å². The number of hydrogen-bond acceptors (Lipinski definition) is 3. The fourth-order valence-electron chi connectivity index (χ4n) is 2.69. The number of methoxy groups -OCH3 is 1. The first-order valence-electron chi connectivity index (χ1n) is 8.28. The molecule has 0 saturated heterocycles. The Morgan fingerprint density at radius 1 is 1.27 bits per heavy atom. The number of ether oxygens (including phenoxy) is 1. The Labute approximate surface area is 151 Å². The highest BCUT2D eigenvalue weighted by atomic mass is 19.1. The van der Waals surface area contributed by atoms with E-state index in [1.807, 2.05) is 43.5 Å². The smallest absolute Gasteiger partial charge is 0.225 e. The first-order chi connectivity index (χ1) is 12.6. The number of nitrogens with zero attached hydrogens (tertiary/aromatic N) is 2. The van der Waals surface area contributed by atoms with Crippen LogP contribution in [0, 0.1) is 5.82 Å². The maximum absolute atomic E-state index is 13.8. The zero-order valence-corrected chi connectivity index (χ0v) is 14.6. The third-order valence-electron chi connectivity index (χ3n) is 4.07. The van der Waals surface area contributed by atoms with Gasteiger partial charge in [-0.3, -0.25) is 4.79 Å². The van der Waals surface area contributed by atoms with Crippen LogP contribution in [0.25, 0.3) is 5.69 Å². The summed E-state index contributed by atoms with van der Waals surface area (Å²) in [7, 11) is 1.42. The van der Waals surface area contributed by atoms with E-state index in [1.54, 1.807) is 23.0 Å². The second-order valence-electron chi connectivity index (χ2n) is 5.99. The Balaban J connectivity index is 1.62. The van der Waals surface area contributed by atoms with E-state index in [-0.39, 0.29) is 24.1 Å². The van der Waals surface area contributed by atoms with Gasteiger partial charge in [-0.2, -0.15) is 5.10 Å². The Hall–Kier alpha value is -3.15. The van der Waals surface area contributed by atoms with Crippen LogP contribution in [0.3, 0.4) is 0 Å². The third-order valence-corrected chi connectivity index (χ3v) is 4.07. The van der Waals surface area contributed by atoms with Crippen LogP contribution in [-0.2, 0) is 11.2 Å². The number of amides is 1. The van der Waals surface area contributed by atoms with Gasteiger partial charge in [-0.05, 0) is 42.3 Å². The molecule has 1 unspecified atom stereocenters. The van der Waals surface area contributed by atoms with Gasteiger partial charge < -0.3 is 10.1 Å².